The summed E-state index contributed by atoms with van der Waals surface area (Å²) in [5.74, 6) is 0. The second kappa shape index (κ2) is 4.08. The zero-order chi connectivity index (χ0) is 10.1. The fourth-order valence-corrected chi connectivity index (χ4v) is 4.71. The molecule has 1 aliphatic rings. The minimum Gasteiger partial charge on any atom is -0.402 e. The molecule has 1 aliphatic carbocycles. The van der Waals surface area contributed by atoms with Gasteiger partial charge in [-0.15, -0.1) is 0 Å². The molecule has 1 nitrogen and oxygen atoms in total. The van der Waals surface area contributed by atoms with E-state index in [0.29, 0.717) is 0 Å². The SMILES string of the molecule is CC1(I)C=CC=C(N)CC(C)(I)C1. The van der Waals surface area contributed by atoms with Gasteiger partial charge >= 0.3 is 0 Å². The first kappa shape index (κ1) is 11.8. The van der Waals surface area contributed by atoms with Crippen LogP contribution in [0, 0.1) is 0 Å². The fraction of sp³-hybridized carbons (Fsp3) is 0.600. The van der Waals surface area contributed by atoms with E-state index in [0.717, 1.165) is 18.5 Å². The largest absolute Gasteiger partial charge is 0.402 e. The molecule has 0 heterocycles. The Balaban J connectivity index is 2.92. The molecule has 0 spiro atoms. The average molecular weight is 403 g/mol. The number of halogens is 2. The van der Waals surface area contributed by atoms with E-state index in [1.165, 1.54) is 0 Å². The van der Waals surface area contributed by atoms with Gasteiger partial charge in [0.05, 0.1) is 0 Å². The molecule has 2 N–H and O–H groups in total. The fourth-order valence-electron chi connectivity index (χ4n) is 1.70. The van der Waals surface area contributed by atoms with E-state index in [2.05, 4.69) is 71.2 Å². The van der Waals surface area contributed by atoms with Gasteiger partial charge in [-0.3, -0.25) is 0 Å². The molecule has 0 saturated heterocycles. The van der Waals surface area contributed by atoms with Gasteiger partial charge in [0.1, 0.15) is 0 Å². The summed E-state index contributed by atoms with van der Waals surface area (Å²) in [5.41, 5.74) is 6.86. The van der Waals surface area contributed by atoms with E-state index < -0.39 is 0 Å². The van der Waals surface area contributed by atoms with Crippen LogP contribution < -0.4 is 5.73 Å². The maximum atomic E-state index is 5.87. The van der Waals surface area contributed by atoms with E-state index in [-0.39, 0.29) is 6.84 Å². The molecule has 0 aromatic carbocycles. The highest BCUT2D eigenvalue weighted by molar-refractivity contribution is 14.1. The van der Waals surface area contributed by atoms with Crippen molar-refractivity contribution in [2.24, 2.45) is 5.73 Å². The summed E-state index contributed by atoms with van der Waals surface area (Å²) in [6.07, 6.45) is 8.47. The van der Waals surface area contributed by atoms with E-state index >= 15 is 0 Å². The van der Waals surface area contributed by atoms with Crippen LogP contribution in [0.1, 0.15) is 26.7 Å². The topological polar surface area (TPSA) is 26.0 Å². The minimum absolute atomic E-state index is 0.255. The molecule has 2 atom stereocenters. The highest BCUT2D eigenvalue weighted by Crippen LogP contribution is 2.39. The van der Waals surface area contributed by atoms with Gasteiger partial charge in [0.15, 0.2) is 0 Å². The van der Waals surface area contributed by atoms with Crippen molar-refractivity contribution in [1.29, 1.82) is 0 Å². The lowest BCUT2D eigenvalue weighted by atomic mass is 9.91. The van der Waals surface area contributed by atoms with Crippen molar-refractivity contribution in [2.45, 2.75) is 33.5 Å². The lowest BCUT2D eigenvalue weighted by molar-refractivity contribution is 0.563. The molecule has 0 saturated carbocycles. The summed E-state index contributed by atoms with van der Waals surface area (Å²) >= 11 is 5.02. The zero-order valence-corrected chi connectivity index (χ0v) is 12.3. The molecule has 1 rings (SSSR count). The minimum atomic E-state index is 0.255. The standard InChI is InChI=1S/C10H15I2N/c1-9(11)5-3-4-8(13)6-10(2,12)7-9/h3-5H,6-7,13H2,1-2H3. The summed E-state index contributed by atoms with van der Waals surface area (Å²) in [6, 6.07) is 0. The van der Waals surface area contributed by atoms with Crippen molar-refractivity contribution in [2.75, 3.05) is 0 Å². The van der Waals surface area contributed by atoms with Gasteiger partial charge in [-0.25, -0.2) is 0 Å². The van der Waals surface area contributed by atoms with Gasteiger partial charge in [0.2, 0.25) is 0 Å². The summed E-state index contributed by atoms with van der Waals surface area (Å²) in [6.45, 7) is 4.53. The Morgan fingerprint density at radius 2 is 2.00 bits per heavy atom. The second-order valence-corrected chi connectivity index (χ2v) is 9.21. The van der Waals surface area contributed by atoms with Crippen LogP contribution in [-0.4, -0.2) is 6.84 Å². The lowest BCUT2D eigenvalue weighted by Gasteiger charge is -2.31. The molecule has 0 aromatic heterocycles. The van der Waals surface area contributed by atoms with Crippen LogP contribution in [0.5, 0.6) is 0 Å². The number of hydrogen-bond donors (Lipinski definition) is 1. The van der Waals surface area contributed by atoms with E-state index in [1.807, 2.05) is 6.08 Å². The third kappa shape index (κ3) is 4.18. The van der Waals surface area contributed by atoms with Crippen molar-refractivity contribution in [3.05, 3.63) is 23.9 Å². The first-order valence-corrected chi connectivity index (χ1v) is 6.48. The van der Waals surface area contributed by atoms with Crippen molar-refractivity contribution in [1.82, 2.24) is 0 Å². The van der Waals surface area contributed by atoms with Crippen LogP contribution >= 0.6 is 45.2 Å². The third-order valence-electron chi connectivity index (χ3n) is 2.04. The number of allylic oxidation sites excluding steroid dienone is 4. The van der Waals surface area contributed by atoms with Crippen molar-refractivity contribution >= 4 is 45.2 Å². The Labute approximate surface area is 108 Å². The molecule has 0 aliphatic heterocycles. The number of rotatable bonds is 0. The number of nitrogens with two attached hydrogens (primary N) is 1. The summed E-state index contributed by atoms with van der Waals surface area (Å²) in [4.78, 5) is 0. The third-order valence-corrected chi connectivity index (χ3v) is 3.54. The molecule has 3 heteroatoms. The molecule has 0 fully saturated rings. The predicted molar refractivity (Wildman–Crippen MR) is 75.5 cm³/mol. The molecule has 74 valence electrons. The molecule has 0 aromatic rings. The van der Waals surface area contributed by atoms with Crippen LogP contribution in [0.15, 0.2) is 23.9 Å². The summed E-state index contributed by atoms with van der Waals surface area (Å²) in [5, 5.41) is 0. The highest BCUT2D eigenvalue weighted by Gasteiger charge is 2.30. The van der Waals surface area contributed by atoms with Crippen LogP contribution in [-0.2, 0) is 0 Å². The van der Waals surface area contributed by atoms with Crippen LogP contribution in [0.25, 0.3) is 0 Å². The average Bonchev–Trinajstić information content (AvgIpc) is 1.78. The van der Waals surface area contributed by atoms with E-state index in [1.54, 1.807) is 0 Å². The van der Waals surface area contributed by atoms with Crippen molar-refractivity contribution in [3.63, 3.8) is 0 Å². The second-order valence-electron chi connectivity index (χ2n) is 4.15. The first-order chi connectivity index (χ1) is 5.81. The summed E-state index contributed by atoms with van der Waals surface area (Å²) in [7, 11) is 0. The molecule has 0 bridgehead atoms. The monoisotopic (exact) mass is 403 g/mol. The Bertz CT molecular complexity index is 252. The lowest BCUT2D eigenvalue weighted by Crippen LogP contribution is -2.29. The normalized spacial score (nSPS) is 40.8. The van der Waals surface area contributed by atoms with Crippen LogP contribution in [0.2, 0.25) is 0 Å². The van der Waals surface area contributed by atoms with Gasteiger partial charge < -0.3 is 5.73 Å². The molecule has 0 amide bonds. The molecular weight excluding hydrogens is 388 g/mol. The maximum Gasteiger partial charge on any atom is 0.0388 e. The Morgan fingerprint density at radius 3 is 2.62 bits per heavy atom. The van der Waals surface area contributed by atoms with Gasteiger partial charge in [0.25, 0.3) is 0 Å². The number of alkyl halides is 2. The highest BCUT2D eigenvalue weighted by atomic mass is 127. The molecular formula is C10H15I2N. The first-order valence-electron chi connectivity index (χ1n) is 4.32. The maximum absolute atomic E-state index is 5.87. The number of hydrogen-bond acceptors (Lipinski definition) is 1. The molecule has 13 heavy (non-hydrogen) atoms. The Morgan fingerprint density at radius 1 is 1.38 bits per heavy atom. The smallest absolute Gasteiger partial charge is 0.0388 e. The zero-order valence-electron chi connectivity index (χ0n) is 7.98. The molecule has 2 unspecified atom stereocenters. The van der Waals surface area contributed by atoms with Gasteiger partial charge in [-0.05, 0) is 19.4 Å². The van der Waals surface area contributed by atoms with E-state index in [9.17, 15) is 0 Å². The van der Waals surface area contributed by atoms with Crippen molar-refractivity contribution in [3.8, 4) is 0 Å². The quantitative estimate of drug-likeness (QED) is 0.486. The Hall–Kier alpha value is 0.740. The molecule has 0 radical (unpaired) electrons. The van der Waals surface area contributed by atoms with Crippen LogP contribution in [0.4, 0.5) is 0 Å². The van der Waals surface area contributed by atoms with E-state index in [4.69, 9.17) is 5.73 Å². The van der Waals surface area contributed by atoms with Crippen LogP contribution in [0.3, 0.4) is 0 Å². The predicted octanol–water partition coefficient (Wildman–Crippen LogP) is 3.57. The van der Waals surface area contributed by atoms with Gasteiger partial charge in [-0.1, -0.05) is 64.3 Å². The Kier molecular flexibility index (Phi) is 3.71. The van der Waals surface area contributed by atoms with Gasteiger partial charge in [0, 0.05) is 19.0 Å². The van der Waals surface area contributed by atoms with Gasteiger partial charge in [-0.2, -0.15) is 0 Å². The summed E-state index contributed by atoms with van der Waals surface area (Å²) < 4.78 is 0.532. The van der Waals surface area contributed by atoms with Crippen molar-refractivity contribution < 1.29 is 0 Å².